The maximum Gasteiger partial charge on any atom is 0.306 e. The smallest absolute Gasteiger partial charge is 0.306 e. The largest absolute Gasteiger partial charge is 0.481 e. The highest BCUT2D eigenvalue weighted by Gasteiger charge is 2.14. The first-order valence-corrected chi connectivity index (χ1v) is 9.66. The van der Waals surface area contributed by atoms with Crippen molar-refractivity contribution in [1.82, 2.24) is 0 Å². The predicted molar refractivity (Wildman–Crippen MR) is 107 cm³/mol. The van der Waals surface area contributed by atoms with Crippen LogP contribution in [0.15, 0.2) is 48.6 Å². The summed E-state index contributed by atoms with van der Waals surface area (Å²) < 4.78 is 0. The molecule has 2 N–H and O–H groups in total. The number of allylic oxidation sites excluding steroid dienone is 8. The lowest BCUT2D eigenvalue weighted by molar-refractivity contribution is -0.142. The molecule has 0 aliphatic carbocycles. The van der Waals surface area contributed by atoms with Gasteiger partial charge in [0, 0.05) is 6.61 Å². The third-order valence-corrected chi connectivity index (χ3v) is 3.97. The van der Waals surface area contributed by atoms with Gasteiger partial charge in [-0.3, -0.25) is 4.79 Å². The zero-order valence-electron chi connectivity index (χ0n) is 15.8. The second kappa shape index (κ2) is 18.7. The summed E-state index contributed by atoms with van der Waals surface area (Å²) in [6, 6.07) is 0. The van der Waals surface area contributed by atoms with Crippen LogP contribution in [-0.2, 0) is 4.79 Å². The molecule has 25 heavy (non-hydrogen) atoms. The number of aliphatic carboxylic acids is 1. The average Bonchev–Trinajstić information content (AvgIpc) is 2.60. The van der Waals surface area contributed by atoms with Gasteiger partial charge in [0.2, 0.25) is 0 Å². The van der Waals surface area contributed by atoms with Gasteiger partial charge in [-0.05, 0) is 51.4 Å². The van der Waals surface area contributed by atoms with Gasteiger partial charge in [0.1, 0.15) is 0 Å². The van der Waals surface area contributed by atoms with Crippen LogP contribution >= 0.6 is 0 Å². The topological polar surface area (TPSA) is 57.5 Å². The van der Waals surface area contributed by atoms with Crippen molar-refractivity contribution in [1.29, 1.82) is 0 Å². The van der Waals surface area contributed by atoms with Crippen molar-refractivity contribution in [2.24, 2.45) is 5.92 Å². The predicted octanol–water partition coefficient (Wildman–Crippen LogP) is 5.83. The standard InChI is InChI=1S/C22H36O3/c1-2-3-4-5-6-7-8-9-10-11-12-13-14-15-16-17-18-21(19-20-23)22(24)25/h6-7,9-10,12-13,15-16,21,23H,2-5,8,11,14,17-20H2,1H3,(H,24,25)/b7-6-,10-9-,13-12-,16-15-. The Kier molecular flexibility index (Phi) is 17.5. The van der Waals surface area contributed by atoms with E-state index in [0.29, 0.717) is 12.8 Å². The molecule has 0 aromatic heterocycles. The molecule has 0 aliphatic rings. The van der Waals surface area contributed by atoms with Crippen LogP contribution in [0.4, 0.5) is 0 Å². The second-order valence-corrected chi connectivity index (χ2v) is 6.21. The highest BCUT2D eigenvalue weighted by atomic mass is 16.4. The molecule has 0 aromatic carbocycles. The van der Waals surface area contributed by atoms with E-state index in [9.17, 15) is 4.79 Å². The summed E-state index contributed by atoms with van der Waals surface area (Å²) >= 11 is 0. The number of unbranched alkanes of at least 4 members (excludes halogenated alkanes) is 3. The molecular formula is C22H36O3. The van der Waals surface area contributed by atoms with Crippen molar-refractivity contribution in [2.75, 3.05) is 6.61 Å². The van der Waals surface area contributed by atoms with Gasteiger partial charge in [0.05, 0.1) is 5.92 Å². The molecule has 1 atom stereocenters. The van der Waals surface area contributed by atoms with Gasteiger partial charge in [0.15, 0.2) is 0 Å². The lowest BCUT2D eigenvalue weighted by atomic mass is 10.00. The number of carboxylic acids is 1. The van der Waals surface area contributed by atoms with Crippen LogP contribution in [0.2, 0.25) is 0 Å². The summed E-state index contributed by atoms with van der Waals surface area (Å²) in [5.74, 6) is -1.25. The van der Waals surface area contributed by atoms with Gasteiger partial charge in [0.25, 0.3) is 0 Å². The number of carbonyl (C=O) groups is 1. The van der Waals surface area contributed by atoms with Crippen LogP contribution < -0.4 is 0 Å². The normalized spacial score (nSPS) is 13.7. The Balaban J connectivity index is 3.62. The Morgan fingerprint density at radius 2 is 1.32 bits per heavy atom. The summed E-state index contributed by atoms with van der Waals surface area (Å²) in [5, 5.41) is 17.8. The van der Waals surface area contributed by atoms with E-state index in [-0.39, 0.29) is 6.61 Å². The number of carboxylic acid groups (broad SMARTS) is 1. The van der Waals surface area contributed by atoms with Crippen molar-refractivity contribution in [3.8, 4) is 0 Å². The third kappa shape index (κ3) is 17.0. The molecular weight excluding hydrogens is 312 g/mol. The summed E-state index contributed by atoms with van der Waals surface area (Å²) in [6.45, 7) is 2.16. The Bertz CT molecular complexity index is 419. The molecule has 142 valence electrons. The molecule has 1 unspecified atom stereocenters. The summed E-state index contributed by atoms with van der Waals surface area (Å²) in [7, 11) is 0. The fourth-order valence-electron chi connectivity index (χ4n) is 2.41. The zero-order chi connectivity index (χ0) is 18.6. The van der Waals surface area contributed by atoms with Crippen LogP contribution in [0.25, 0.3) is 0 Å². The van der Waals surface area contributed by atoms with E-state index < -0.39 is 11.9 Å². The van der Waals surface area contributed by atoms with Gasteiger partial charge in [-0.1, -0.05) is 68.4 Å². The van der Waals surface area contributed by atoms with Crippen LogP contribution in [0.1, 0.15) is 71.1 Å². The molecule has 0 heterocycles. The Morgan fingerprint density at radius 1 is 0.800 bits per heavy atom. The molecule has 3 nitrogen and oxygen atoms in total. The molecule has 0 aromatic rings. The quantitative estimate of drug-likeness (QED) is 0.273. The molecule has 0 spiro atoms. The maximum atomic E-state index is 10.9. The zero-order valence-corrected chi connectivity index (χ0v) is 15.8. The number of hydrogen-bond acceptors (Lipinski definition) is 2. The molecule has 0 amide bonds. The Hall–Kier alpha value is -1.61. The molecule has 0 bridgehead atoms. The molecule has 0 fully saturated rings. The van der Waals surface area contributed by atoms with Crippen LogP contribution in [0, 0.1) is 5.92 Å². The first-order valence-electron chi connectivity index (χ1n) is 9.66. The lowest BCUT2D eigenvalue weighted by Gasteiger charge is -2.08. The highest BCUT2D eigenvalue weighted by Crippen LogP contribution is 2.11. The van der Waals surface area contributed by atoms with Gasteiger partial charge in [-0.15, -0.1) is 0 Å². The Morgan fingerprint density at radius 3 is 1.80 bits per heavy atom. The molecule has 0 radical (unpaired) electrons. The number of hydrogen-bond donors (Lipinski definition) is 2. The van der Waals surface area contributed by atoms with Gasteiger partial charge in [-0.2, -0.15) is 0 Å². The van der Waals surface area contributed by atoms with E-state index in [0.717, 1.165) is 25.7 Å². The fourth-order valence-corrected chi connectivity index (χ4v) is 2.41. The van der Waals surface area contributed by atoms with Gasteiger partial charge >= 0.3 is 5.97 Å². The monoisotopic (exact) mass is 348 g/mol. The summed E-state index contributed by atoms with van der Waals surface area (Å²) in [4.78, 5) is 10.9. The van der Waals surface area contributed by atoms with Crippen molar-refractivity contribution >= 4 is 5.97 Å². The van der Waals surface area contributed by atoms with Crippen molar-refractivity contribution in [2.45, 2.75) is 71.1 Å². The molecule has 0 saturated carbocycles. The van der Waals surface area contributed by atoms with E-state index >= 15 is 0 Å². The number of aliphatic hydroxyl groups excluding tert-OH is 1. The number of aliphatic hydroxyl groups is 1. The fraction of sp³-hybridized carbons (Fsp3) is 0.591. The first kappa shape index (κ1) is 23.4. The van der Waals surface area contributed by atoms with Crippen molar-refractivity contribution < 1.29 is 15.0 Å². The Labute approximate surface area is 153 Å². The van der Waals surface area contributed by atoms with E-state index in [4.69, 9.17) is 10.2 Å². The first-order chi connectivity index (χ1) is 12.2. The third-order valence-electron chi connectivity index (χ3n) is 3.97. The van der Waals surface area contributed by atoms with E-state index in [2.05, 4.69) is 49.5 Å². The van der Waals surface area contributed by atoms with E-state index in [1.807, 2.05) is 6.08 Å². The second-order valence-electron chi connectivity index (χ2n) is 6.21. The minimum atomic E-state index is -0.815. The molecule has 0 rings (SSSR count). The maximum absolute atomic E-state index is 10.9. The van der Waals surface area contributed by atoms with E-state index in [1.165, 1.54) is 25.7 Å². The number of rotatable bonds is 16. The van der Waals surface area contributed by atoms with Gasteiger partial charge < -0.3 is 10.2 Å². The van der Waals surface area contributed by atoms with Crippen LogP contribution in [-0.4, -0.2) is 22.8 Å². The van der Waals surface area contributed by atoms with Crippen LogP contribution in [0.5, 0.6) is 0 Å². The van der Waals surface area contributed by atoms with Crippen molar-refractivity contribution in [3.63, 3.8) is 0 Å². The molecule has 0 aliphatic heterocycles. The van der Waals surface area contributed by atoms with Gasteiger partial charge in [-0.25, -0.2) is 0 Å². The summed E-state index contributed by atoms with van der Waals surface area (Å²) in [5.41, 5.74) is 0. The lowest BCUT2D eigenvalue weighted by Crippen LogP contribution is -2.14. The minimum Gasteiger partial charge on any atom is -0.481 e. The molecule has 3 heteroatoms. The molecule has 0 saturated heterocycles. The highest BCUT2D eigenvalue weighted by molar-refractivity contribution is 5.69. The average molecular weight is 349 g/mol. The minimum absolute atomic E-state index is 0.0639. The van der Waals surface area contributed by atoms with E-state index in [1.54, 1.807) is 0 Å². The SMILES string of the molecule is CCCCC/C=C\C/C=C\C/C=C\C/C=C\CCC(CCO)C(=O)O. The van der Waals surface area contributed by atoms with Crippen LogP contribution in [0.3, 0.4) is 0 Å². The van der Waals surface area contributed by atoms with Crippen molar-refractivity contribution in [3.05, 3.63) is 48.6 Å². The summed E-state index contributed by atoms with van der Waals surface area (Å²) in [6.07, 6.45) is 26.9.